The van der Waals surface area contributed by atoms with Crippen molar-refractivity contribution in [3.63, 3.8) is 0 Å². The Morgan fingerprint density at radius 1 is 1.00 bits per heavy atom. The van der Waals surface area contributed by atoms with E-state index in [1.807, 2.05) is 69.4 Å². The minimum Gasteiger partial charge on any atom is -0.339 e. The molecular weight excluding hydrogens is 316 g/mol. The van der Waals surface area contributed by atoms with Crippen LogP contribution in [0.4, 0.5) is 17.2 Å². The fourth-order valence-corrected chi connectivity index (χ4v) is 2.02. The minimum atomic E-state index is -0.428. The molecule has 25 heavy (non-hydrogen) atoms. The number of nitrogens with zero attached hydrogens (tertiary/aromatic N) is 4. The number of carbonyl (C=O) groups excluding carboxylic acids is 1. The maximum Gasteiger partial charge on any atom is 0.229 e. The van der Waals surface area contributed by atoms with E-state index in [1.165, 1.54) is 0 Å². The molecule has 3 aromatic rings. The second-order valence-corrected chi connectivity index (χ2v) is 6.63. The van der Waals surface area contributed by atoms with Crippen LogP contribution in [-0.2, 0) is 4.79 Å². The Kier molecular flexibility index (Phi) is 4.47. The molecule has 2 N–H and O–H groups in total. The third-order valence-corrected chi connectivity index (χ3v) is 3.49. The van der Waals surface area contributed by atoms with Crippen LogP contribution in [0.3, 0.4) is 0 Å². The van der Waals surface area contributed by atoms with E-state index in [4.69, 9.17) is 0 Å². The molecule has 0 atom stereocenters. The van der Waals surface area contributed by atoms with Gasteiger partial charge >= 0.3 is 0 Å². The SMILES string of the molecule is CC(C)(C)C(=O)Nc1ccc(Nc2ccc(-n3cccn3)nn2)cc1. The molecule has 0 fully saturated rings. The average Bonchev–Trinajstić information content (AvgIpc) is 3.11. The lowest BCUT2D eigenvalue weighted by Crippen LogP contribution is -2.27. The van der Waals surface area contributed by atoms with Crippen LogP contribution in [0.2, 0.25) is 0 Å². The third-order valence-electron chi connectivity index (χ3n) is 3.49. The van der Waals surface area contributed by atoms with Crippen molar-refractivity contribution >= 4 is 23.1 Å². The van der Waals surface area contributed by atoms with Crippen LogP contribution in [-0.4, -0.2) is 25.9 Å². The number of nitrogens with one attached hydrogen (secondary N) is 2. The Hall–Kier alpha value is -3.22. The van der Waals surface area contributed by atoms with E-state index in [0.29, 0.717) is 11.6 Å². The summed E-state index contributed by atoms with van der Waals surface area (Å²) >= 11 is 0. The Labute approximate surface area is 146 Å². The Morgan fingerprint density at radius 2 is 1.72 bits per heavy atom. The average molecular weight is 336 g/mol. The summed E-state index contributed by atoms with van der Waals surface area (Å²) in [5.41, 5.74) is 1.18. The second-order valence-electron chi connectivity index (χ2n) is 6.63. The van der Waals surface area contributed by atoms with Gasteiger partial charge in [0.05, 0.1) is 0 Å². The lowest BCUT2D eigenvalue weighted by Gasteiger charge is -2.17. The summed E-state index contributed by atoms with van der Waals surface area (Å²) in [6, 6.07) is 12.9. The molecule has 0 aliphatic carbocycles. The second kappa shape index (κ2) is 6.72. The predicted molar refractivity (Wildman–Crippen MR) is 97.0 cm³/mol. The topological polar surface area (TPSA) is 84.7 Å². The highest BCUT2D eigenvalue weighted by atomic mass is 16.2. The van der Waals surface area contributed by atoms with Crippen molar-refractivity contribution in [2.24, 2.45) is 5.41 Å². The van der Waals surface area contributed by atoms with Crippen molar-refractivity contribution in [1.29, 1.82) is 0 Å². The van der Waals surface area contributed by atoms with Gasteiger partial charge in [-0.15, -0.1) is 10.2 Å². The molecule has 128 valence electrons. The van der Waals surface area contributed by atoms with Gasteiger partial charge in [0.1, 0.15) is 0 Å². The molecule has 0 aliphatic heterocycles. The molecule has 0 aliphatic rings. The van der Waals surface area contributed by atoms with Crippen molar-refractivity contribution in [2.45, 2.75) is 20.8 Å². The van der Waals surface area contributed by atoms with Gasteiger partial charge in [0.2, 0.25) is 5.91 Å². The zero-order valence-electron chi connectivity index (χ0n) is 14.4. The lowest BCUT2D eigenvalue weighted by molar-refractivity contribution is -0.123. The highest BCUT2D eigenvalue weighted by Crippen LogP contribution is 2.20. The van der Waals surface area contributed by atoms with Crippen LogP contribution in [0.25, 0.3) is 5.82 Å². The summed E-state index contributed by atoms with van der Waals surface area (Å²) < 4.78 is 1.64. The summed E-state index contributed by atoms with van der Waals surface area (Å²) in [4.78, 5) is 12.0. The molecule has 7 nitrogen and oxygen atoms in total. The number of anilines is 3. The van der Waals surface area contributed by atoms with Crippen LogP contribution in [0.5, 0.6) is 0 Å². The first kappa shape index (κ1) is 16.6. The highest BCUT2D eigenvalue weighted by Gasteiger charge is 2.20. The maximum absolute atomic E-state index is 12.0. The van der Waals surface area contributed by atoms with Gasteiger partial charge in [-0.1, -0.05) is 20.8 Å². The third kappa shape index (κ3) is 4.20. The van der Waals surface area contributed by atoms with Crippen LogP contribution in [0, 0.1) is 5.41 Å². The molecule has 0 unspecified atom stereocenters. The summed E-state index contributed by atoms with van der Waals surface area (Å²) in [5.74, 6) is 1.26. The fourth-order valence-electron chi connectivity index (χ4n) is 2.02. The smallest absolute Gasteiger partial charge is 0.229 e. The first-order valence-electron chi connectivity index (χ1n) is 7.94. The Bertz CT molecular complexity index is 833. The summed E-state index contributed by atoms with van der Waals surface area (Å²) in [7, 11) is 0. The van der Waals surface area contributed by atoms with Gasteiger partial charge in [-0.2, -0.15) is 5.10 Å². The molecule has 2 aromatic heterocycles. The number of hydrogen-bond donors (Lipinski definition) is 2. The molecule has 7 heteroatoms. The van der Waals surface area contributed by atoms with Gasteiger partial charge in [0.25, 0.3) is 0 Å². The first-order valence-corrected chi connectivity index (χ1v) is 7.94. The number of rotatable bonds is 4. The van der Waals surface area contributed by atoms with Crippen molar-refractivity contribution < 1.29 is 4.79 Å². The Balaban J connectivity index is 1.64. The molecule has 0 bridgehead atoms. The number of aromatic nitrogens is 4. The Morgan fingerprint density at radius 3 is 2.28 bits per heavy atom. The van der Waals surface area contributed by atoms with Crippen molar-refractivity contribution in [2.75, 3.05) is 10.6 Å². The van der Waals surface area contributed by atoms with Gasteiger partial charge in [0.15, 0.2) is 11.6 Å². The molecule has 2 heterocycles. The van der Waals surface area contributed by atoms with Crippen LogP contribution < -0.4 is 10.6 Å². The van der Waals surface area contributed by atoms with Gasteiger partial charge in [-0.25, -0.2) is 4.68 Å². The van der Waals surface area contributed by atoms with E-state index in [1.54, 1.807) is 10.9 Å². The van der Waals surface area contributed by atoms with E-state index in [0.717, 1.165) is 11.4 Å². The normalized spacial score (nSPS) is 11.2. The summed E-state index contributed by atoms with van der Waals surface area (Å²) in [6.45, 7) is 5.64. The monoisotopic (exact) mass is 336 g/mol. The molecule has 0 radical (unpaired) electrons. The molecule has 0 spiro atoms. The number of hydrogen-bond acceptors (Lipinski definition) is 5. The lowest BCUT2D eigenvalue weighted by atomic mass is 9.95. The molecular formula is C18H20N6O. The van der Waals surface area contributed by atoms with Crippen molar-refractivity contribution in [3.8, 4) is 5.82 Å². The van der Waals surface area contributed by atoms with E-state index < -0.39 is 5.41 Å². The van der Waals surface area contributed by atoms with Gasteiger partial charge in [-0.05, 0) is 42.5 Å². The highest BCUT2D eigenvalue weighted by molar-refractivity contribution is 5.94. The minimum absolute atomic E-state index is 0.0201. The number of carbonyl (C=O) groups is 1. The number of benzene rings is 1. The van der Waals surface area contributed by atoms with Gasteiger partial charge in [0, 0.05) is 29.2 Å². The van der Waals surface area contributed by atoms with Crippen LogP contribution in [0.1, 0.15) is 20.8 Å². The van der Waals surface area contributed by atoms with E-state index in [-0.39, 0.29) is 5.91 Å². The van der Waals surface area contributed by atoms with Crippen molar-refractivity contribution in [3.05, 3.63) is 54.9 Å². The predicted octanol–water partition coefficient (Wildman–Crippen LogP) is 3.39. The largest absolute Gasteiger partial charge is 0.339 e. The standard InChI is InChI=1S/C18H20N6O/c1-18(2,3)17(25)21-14-7-5-13(6-8-14)20-15-9-10-16(23-22-15)24-12-4-11-19-24/h4-12H,1-3H3,(H,20,22)(H,21,25). The quantitative estimate of drug-likeness (QED) is 0.763. The van der Waals surface area contributed by atoms with E-state index >= 15 is 0 Å². The number of amides is 1. The summed E-state index contributed by atoms with van der Waals surface area (Å²) in [6.07, 6.45) is 3.50. The van der Waals surface area contributed by atoms with Crippen LogP contribution in [0.15, 0.2) is 54.9 Å². The van der Waals surface area contributed by atoms with E-state index in [9.17, 15) is 4.79 Å². The molecule has 1 amide bonds. The summed E-state index contributed by atoms with van der Waals surface area (Å²) in [5, 5.41) is 18.4. The van der Waals surface area contributed by atoms with Crippen LogP contribution >= 0.6 is 0 Å². The zero-order valence-corrected chi connectivity index (χ0v) is 14.4. The van der Waals surface area contributed by atoms with E-state index in [2.05, 4.69) is 25.9 Å². The maximum atomic E-state index is 12.0. The van der Waals surface area contributed by atoms with Gasteiger partial charge in [-0.3, -0.25) is 4.79 Å². The van der Waals surface area contributed by atoms with Gasteiger partial charge < -0.3 is 10.6 Å². The fraction of sp³-hybridized carbons (Fsp3) is 0.222. The molecule has 1 aromatic carbocycles. The zero-order chi connectivity index (χ0) is 17.9. The first-order chi connectivity index (χ1) is 11.9. The van der Waals surface area contributed by atoms with Crippen molar-refractivity contribution in [1.82, 2.24) is 20.0 Å². The molecule has 3 rings (SSSR count). The molecule has 0 saturated carbocycles. The molecule has 0 saturated heterocycles.